The topological polar surface area (TPSA) is 548 Å². The van der Waals surface area contributed by atoms with E-state index >= 15 is 13.2 Å². The lowest BCUT2D eigenvalue weighted by Crippen LogP contribution is -2.52. The second kappa shape index (κ2) is 39.1. The maximum absolute atomic E-state index is 15.7. The Morgan fingerprint density at radius 2 is 0.954 bits per heavy atom. The summed E-state index contributed by atoms with van der Waals surface area (Å²) in [5.74, 6) is -7.05. The number of hydrogen-bond donors (Lipinski definition) is 5. The zero-order chi connectivity index (χ0) is 83.7. The van der Waals surface area contributed by atoms with E-state index in [0.717, 1.165) is 13.7 Å². The van der Waals surface area contributed by atoms with Crippen LogP contribution in [0.1, 0.15) is 108 Å². The first kappa shape index (κ1) is 86.6. The molecule has 5 aliphatic rings. The molecule has 44 heteroatoms. The molecule has 0 aliphatic carbocycles. The number of carbonyl (C=O) groups is 5. The number of amidine groups is 1. The summed E-state index contributed by atoms with van der Waals surface area (Å²) < 4.78 is 129. The van der Waals surface area contributed by atoms with Crippen LogP contribution < -0.4 is 28.5 Å². The Hall–Kier alpha value is -9.64. The van der Waals surface area contributed by atoms with Crippen molar-refractivity contribution in [3.05, 3.63) is 141 Å². The molecule has 0 amide bonds. The summed E-state index contributed by atoms with van der Waals surface area (Å²) in [5.41, 5.74) is 28.3. The van der Waals surface area contributed by atoms with E-state index in [9.17, 15) is 58.1 Å². The van der Waals surface area contributed by atoms with Crippen LogP contribution in [0, 0.1) is 50.4 Å². The minimum Gasteiger partial charge on any atom is -0.462 e. The highest BCUT2D eigenvalue weighted by molar-refractivity contribution is 6.18. The zero-order valence-electron chi connectivity index (χ0n) is 63.6. The van der Waals surface area contributed by atoms with Crippen molar-refractivity contribution in [3.63, 3.8) is 0 Å². The number of nitrogens with two attached hydrogens (primary N) is 2. The third kappa shape index (κ3) is 21.4. The quantitative estimate of drug-likeness (QED) is 0.0140. The number of aromatic nitrogens is 6. The number of carbonyl (C=O) groups excluding carboxylic acids is 5. The van der Waals surface area contributed by atoms with Crippen molar-refractivity contribution in [1.82, 2.24) is 33.6 Å². The molecule has 4 fully saturated rings. The summed E-state index contributed by atoms with van der Waals surface area (Å²) in [6, 6.07) is 3.40. The summed E-state index contributed by atoms with van der Waals surface area (Å²) >= 11 is 6.08. The molecule has 8 heterocycles. The fourth-order valence-corrected chi connectivity index (χ4v) is 10.8. The van der Waals surface area contributed by atoms with Gasteiger partial charge in [-0.25, -0.2) is 36.9 Å². The molecule has 0 saturated carbocycles. The van der Waals surface area contributed by atoms with Gasteiger partial charge in [0, 0.05) is 56.6 Å². The number of hydrogen-bond acceptors (Lipinski definition) is 30. The van der Waals surface area contributed by atoms with Crippen LogP contribution in [-0.4, -0.2) is 220 Å². The van der Waals surface area contributed by atoms with Crippen molar-refractivity contribution in [2.24, 2.45) is 61.4 Å². The number of nitrogens with zero attached hydrogens (tertiary/aromatic N) is 17. The second-order valence-corrected chi connectivity index (χ2v) is 27.3. The molecule has 109 heavy (non-hydrogen) atoms. The summed E-state index contributed by atoms with van der Waals surface area (Å²) in [6.45, 7) is 17.7. The Balaban J connectivity index is 0.000000265. The van der Waals surface area contributed by atoms with Gasteiger partial charge in [-0.1, -0.05) is 91.2 Å². The highest BCUT2D eigenvalue weighted by Crippen LogP contribution is 2.45. The van der Waals surface area contributed by atoms with E-state index < -0.39 is 225 Å². The molecular weight excluding hydrogens is 1480 g/mol. The van der Waals surface area contributed by atoms with Crippen LogP contribution in [0.2, 0.25) is 0 Å². The lowest BCUT2D eigenvalue weighted by Gasteiger charge is -2.33. The minimum absolute atomic E-state index is 0.0201. The molecule has 3 aromatic rings. The van der Waals surface area contributed by atoms with E-state index in [4.69, 9.17) is 85.0 Å². The molecule has 17 atom stereocenters. The standard InChI is InChI=1S/C19H27ClFN3O5.C16H23FN6O5.2C15H20FN5O5/c1-10(2)17(25)27-9-19(8-20)15(28-18(26)11(3)4)14(21)16(29-19)24-7-6-13(22)23-12(24)5;1-8(2)11(18)14(25)27-12-10(17)13(23-5-4-9(3)21-15(23)26)28-16(12,7-24)6-20-22-19;1-8(2)13(23)25-7-15(6-18-20-17)11(22)10(16)12(26-15)21-5-4-9(3)19-14(21)24;1-8(2)13(23)25-11-10(16)12(21-5-4-9(3)19-14(21)24)26-15(11,7-22)6-18-20-17/h6-7,10-11,14-16H,5,8-9H2,1-4H3,(H2,22,23);4-5,8,10-13,24H,6-7,18H2,1-3H3;2*4-5,8,10-12,22H,6-7H2,1-3H3/t14-,15+,16-,19-;10-,11?,12+,13-,16-;2*10-,11+,12-,15-/m1111/s1/i9D2;;;. The lowest BCUT2D eigenvalue weighted by atomic mass is 9.96. The maximum Gasteiger partial charge on any atom is 0.349 e. The summed E-state index contributed by atoms with van der Waals surface area (Å²) in [4.78, 5) is 121. The Morgan fingerprint density at radius 1 is 0.606 bits per heavy atom. The van der Waals surface area contributed by atoms with E-state index in [1.54, 1.807) is 62.3 Å². The van der Waals surface area contributed by atoms with Crippen molar-refractivity contribution >= 4 is 47.3 Å². The van der Waals surface area contributed by atoms with Crippen LogP contribution in [0.4, 0.5) is 17.6 Å². The van der Waals surface area contributed by atoms with E-state index in [0.29, 0.717) is 17.1 Å². The van der Waals surface area contributed by atoms with Gasteiger partial charge in [-0.05, 0) is 67.6 Å². The van der Waals surface area contributed by atoms with Gasteiger partial charge in [0.2, 0.25) is 0 Å². The Kier molecular flexibility index (Phi) is 31.1. The fraction of sp³-hybridized carbons (Fsp3) is 0.662. The van der Waals surface area contributed by atoms with Gasteiger partial charge in [0.25, 0.3) is 0 Å². The van der Waals surface area contributed by atoms with Crippen molar-refractivity contribution in [3.8, 4) is 0 Å². The molecule has 600 valence electrons. The first-order valence-electron chi connectivity index (χ1n) is 34.6. The van der Waals surface area contributed by atoms with Gasteiger partial charge in [-0.15, -0.1) is 11.6 Å². The average Bonchev–Trinajstić information content (AvgIpc) is 1.59. The average molecular weight is 1570 g/mol. The van der Waals surface area contributed by atoms with Crippen LogP contribution >= 0.6 is 11.6 Å². The van der Waals surface area contributed by atoms with E-state index in [2.05, 4.69) is 56.6 Å². The number of aliphatic imine (C=N–C) groups is 1. The van der Waals surface area contributed by atoms with Crippen LogP contribution in [0.3, 0.4) is 0 Å². The number of ether oxygens (including phenoxy) is 9. The number of halogens is 5. The molecule has 0 bridgehead atoms. The lowest BCUT2D eigenvalue weighted by molar-refractivity contribution is -0.178. The van der Waals surface area contributed by atoms with Crippen LogP contribution in [0.5, 0.6) is 0 Å². The zero-order valence-corrected chi connectivity index (χ0v) is 62.4. The first-order chi connectivity index (χ1) is 51.9. The van der Waals surface area contributed by atoms with Crippen LogP contribution in [-0.2, 0) is 66.6 Å². The van der Waals surface area contributed by atoms with Crippen molar-refractivity contribution in [1.29, 1.82) is 0 Å². The van der Waals surface area contributed by atoms with E-state index in [1.807, 2.05) is 0 Å². The summed E-state index contributed by atoms with van der Waals surface area (Å²) in [7, 11) is 0. The number of aliphatic hydroxyl groups excluding tert-OH is 3. The van der Waals surface area contributed by atoms with Gasteiger partial charge in [0.1, 0.15) is 53.8 Å². The van der Waals surface area contributed by atoms with Crippen molar-refractivity contribution < 1.29 is 102 Å². The van der Waals surface area contributed by atoms with Gasteiger partial charge in [-0.2, -0.15) is 15.0 Å². The van der Waals surface area contributed by atoms with Gasteiger partial charge >= 0.3 is 46.9 Å². The highest BCUT2D eigenvalue weighted by Gasteiger charge is 2.63. The predicted molar refractivity (Wildman–Crippen MR) is 374 cm³/mol. The van der Waals surface area contributed by atoms with Gasteiger partial charge in [0.15, 0.2) is 73.5 Å². The third-order valence-corrected chi connectivity index (χ3v) is 17.4. The molecule has 0 radical (unpaired) electrons. The second-order valence-electron chi connectivity index (χ2n) is 27.0. The van der Waals surface area contributed by atoms with Crippen LogP contribution in [0.15, 0.2) is 96.2 Å². The number of alkyl halides is 5. The van der Waals surface area contributed by atoms with Crippen molar-refractivity contribution in [2.75, 3.05) is 51.9 Å². The first-order valence-corrected chi connectivity index (χ1v) is 34.1. The number of aliphatic hydroxyl groups is 3. The molecule has 0 spiro atoms. The molecule has 4 saturated heterocycles. The summed E-state index contributed by atoms with van der Waals surface area (Å²) in [5, 5.41) is 40.0. The van der Waals surface area contributed by atoms with Crippen molar-refractivity contribution in [2.45, 2.75) is 192 Å². The van der Waals surface area contributed by atoms with Crippen LogP contribution in [0.25, 0.3) is 31.3 Å². The molecule has 1 unspecified atom stereocenters. The monoisotopic (exact) mass is 1570 g/mol. The predicted octanol–water partition coefficient (Wildman–Crippen LogP) is 4.49. The maximum atomic E-state index is 15.7. The molecule has 3 aromatic heterocycles. The number of rotatable bonds is 26. The molecule has 0 aromatic carbocycles. The normalized spacial score (nSPS) is 28.8. The molecule has 5 aliphatic heterocycles. The van der Waals surface area contributed by atoms with E-state index in [-0.39, 0.29) is 17.6 Å². The molecule has 39 nitrogen and oxygen atoms in total. The Labute approximate surface area is 628 Å². The van der Waals surface area contributed by atoms with Gasteiger partial charge in [0.05, 0.1) is 65.1 Å². The fourth-order valence-electron chi connectivity index (χ4n) is 10.5. The molecule has 7 N–H and O–H groups in total. The minimum atomic E-state index is -2.94. The highest BCUT2D eigenvalue weighted by atomic mass is 35.5. The molecule has 8 rings (SSSR count). The van der Waals surface area contributed by atoms with E-state index in [1.165, 1.54) is 81.7 Å². The SMILES string of the molecule is Cc1ccn([C@@H]2O[C@@](CO)(CN=[N+]=[N-])[C@@H](OC(=O)C(C)C)[C@H]2F)c(=O)n1.Cc1ccn([C@@H]2O[C@@](CO)(CN=[N+]=[N-])[C@@H](OC(=O)C(N)C(C)C)[C@H]2F)c(=O)n1.Cc1ccn([C@@H]2O[C@](CN=[N+]=[N-])(COC(=O)C(C)C)[C@@H](O)[C@H]2F)c(=O)n1.[2H]C([2H])(OC(=O)C(C)C)[C@@]1(CCl)O[C@@H](N2C=CC(N)=NC2=C)[C@H](F)[C@@H]1OC(=O)C(C)C. The number of aryl methyl sites for hydroxylation is 3. The largest absolute Gasteiger partial charge is 0.462 e. The van der Waals surface area contributed by atoms with Gasteiger partial charge < -0.3 is 74.3 Å². The molecular formula is C65H90ClF4N19O20. The smallest absolute Gasteiger partial charge is 0.349 e. The number of esters is 5. The Bertz CT molecular complexity index is 4220. The summed E-state index contributed by atoms with van der Waals surface area (Å²) in [6.07, 6.45) is -14.5. The number of azide groups is 3. The van der Waals surface area contributed by atoms with Gasteiger partial charge in [-0.3, -0.25) is 37.7 Å². The Morgan fingerprint density at radius 3 is 1.31 bits per heavy atom. The third-order valence-electron chi connectivity index (χ3n) is 17.0.